The Balaban J connectivity index is 1.49. The van der Waals surface area contributed by atoms with Crippen molar-refractivity contribution in [3.63, 3.8) is 0 Å². The average Bonchev–Trinajstić information content (AvgIpc) is 3.42. The van der Waals surface area contributed by atoms with Crippen molar-refractivity contribution in [2.75, 3.05) is 5.32 Å². The minimum Gasteiger partial charge on any atom is -0.319 e. The van der Waals surface area contributed by atoms with Crippen LogP contribution in [0.2, 0.25) is 5.02 Å². The minimum absolute atomic E-state index is 0.0380. The van der Waals surface area contributed by atoms with Gasteiger partial charge in [-0.1, -0.05) is 17.7 Å². The molecule has 0 aliphatic rings. The molecular weight excluding hydrogens is 524 g/mol. The number of rotatable bonds is 6. The van der Waals surface area contributed by atoms with E-state index in [0.29, 0.717) is 28.2 Å². The van der Waals surface area contributed by atoms with Gasteiger partial charge in [-0.15, -0.1) is 0 Å². The number of alkyl halides is 2. The molecule has 12 heteroatoms. The Hall–Kier alpha value is -4.25. The quantitative estimate of drug-likeness (QED) is 0.253. The maximum Gasteiger partial charge on any atom is 0.280 e. The van der Waals surface area contributed by atoms with Crippen molar-refractivity contribution in [2.45, 2.75) is 26.8 Å². The summed E-state index contributed by atoms with van der Waals surface area (Å²) in [5.74, 6) is -1.57. The molecule has 1 N–H and O–H groups in total. The summed E-state index contributed by atoms with van der Waals surface area (Å²) in [6.07, 6.45) is -1.75. The van der Waals surface area contributed by atoms with Gasteiger partial charge < -0.3 is 5.32 Å². The molecule has 194 valence electrons. The summed E-state index contributed by atoms with van der Waals surface area (Å²) in [4.78, 5) is 17.7. The zero-order chi connectivity index (χ0) is 27.1. The van der Waals surface area contributed by atoms with Gasteiger partial charge in [-0.2, -0.15) is 10.2 Å². The van der Waals surface area contributed by atoms with Gasteiger partial charge in [0.05, 0.1) is 35.5 Å². The second kappa shape index (κ2) is 9.90. The van der Waals surface area contributed by atoms with E-state index in [1.165, 1.54) is 36.4 Å². The summed E-state index contributed by atoms with van der Waals surface area (Å²) in [7, 11) is 0. The molecule has 3 aromatic heterocycles. The van der Waals surface area contributed by atoms with E-state index < -0.39 is 29.7 Å². The highest BCUT2D eigenvalue weighted by molar-refractivity contribution is 6.31. The molecule has 5 aromatic rings. The van der Waals surface area contributed by atoms with Gasteiger partial charge in [0.25, 0.3) is 12.3 Å². The molecule has 0 atom stereocenters. The van der Waals surface area contributed by atoms with E-state index in [0.717, 1.165) is 16.8 Å². The van der Waals surface area contributed by atoms with Crippen molar-refractivity contribution in [2.24, 2.45) is 0 Å². The molecule has 0 saturated heterocycles. The maximum atomic E-state index is 13.9. The Bertz CT molecular complexity index is 1680. The number of carbonyl (C=O) groups excluding carboxylic acids is 1. The predicted molar refractivity (Wildman–Crippen MR) is 134 cm³/mol. The van der Waals surface area contributed by atoms with E-state index in [1.54, 1.807) is 24.6 Å². The smallest absolute Gasteiger partial charge is 0.280 e. The number of nitrogens with one attached hydrogen (secondary N) is 1. The fourth-order valence-corrected chi connectivity index (χ4v) is 4.32. The first-order valence-corrected chi connectivity index (χ1v) is 11.7. The van der Waals surface area contributed by atoms with E-state index in [1.807, 2.05) is 0 Å². The number of aryl methyl sites for hydroxylation is 1. The number of nitrogens with zero attached hydrogens (tertiary/aromatic N) is 5. The van der Waals surface area contributed by atoms with E-state index in [2.05, 4.69) is 20.5 Å². The van der Waals surface area contributed by atoms with Crippen LogP contribution in [-0.2, 0) is 6.54 Å². The monoisotopic (exact) mass is 542 g/mol. The number of aromatic nitrogens is 5. The zero-order valence-corrected chi connectivity index (χ0v) is 20.8. The SMILES string of the molecule is Cc1nn(Cc2ccc(F)cc2Cl)c(C)c1NC(=O)c1cnn2c(C(F)F)cc(-c3ccc(F)cc3)nc12. The lowest BCUT2D eigenvalue weighted by molar-refractivity contribution is 0.102. The molecule has 2 aromatic carbocycles. The molecule has 0 aliphatic heterocycles. The summed E-state index contributed by atoms with van der Waals surface area (Å²) in [6.45, 7) is 3.67. The number of halogens is 5. The van der Waals surface area contributed by atoms with Crippen LogP contribution in [0.5, 0.6) is 0 Å². The topological polar surface area (TPSA) is 77.1 Å². The third-order valence-electron chi connectivity index (χ3n) is 6.06. The Morgan fingerprint density at radius 3 is 2.45 bits per heavy atom. The number of benzene rings is 2. The molecular formula is C26H19ClF4N6O. The Morgan fingerprint density at radius 1 is 1.05 bits per heavy atom. The molecule has 0 aliphatic carbocycles. The third kappa shape index (κ3) is 4.72. The van der Waals surface area contributed by atoms with Crippen LogP contribution in [0.1, 0.15) is 39.4 Å². The Kier molecular flexibility index (Phi) is 6.62. The second-order valence-electron chi connectivity index (χ2n) is 8.56. The lowest BCUT2D eigenvalue weighted by Crippen LogP contribution is -2.14. The Labute approximate surface area is 218 Å². The highest BCUT2D eigenvalue weighted by atomic mass is 35.5. The fraction of sp³-hybridized carbons (Fsp3) is 0.154. The molecule has 0 bridgehead atoms. The van der Waals surface area contributed by atoms with Gasteiger partial charge in [0, 0.05) is 10.6 Å². The summed E-state index contributed by atoms with van der Waals surface area (Å²) < 4.78 is 57.0. The van der Waals surface area contributed by atoms with Crippen molar-refractivity contribution in [1.82, 2.24) is 24.4 Å². The lowest BCUT2D eigenvalue weighted by atomic mass is 10.1. The summed E-state index contributed by atoms with van der Waals surface area (Å²) in [5.41, 5.74) is 2.09. The standard InChI is InChI=1S/C26H19ClF4N6O/c1-13-23(14(2)36(35-13)12-16-5-8-18(29)9-20(16)27)34-26(38)19-11-32-37-22(24(30)31)10-21(33-25(19)37)15-3-6-17(28)7-4-15/h3-11,24H,12H2,1-2H3,(H,34,38). The number of hydrogen-bond acceptors (Lipinski definition) is 4. The molecule has 38 heavy (non-hydrogen) atoms. The number of carbonyl (C=O) groups is 1. The van der Waals surface area contributed by atoms with Crippen LogP contribution in [0.15, 0.2) is 54.7 Å². The zero-order valence-electron chi connectivity index (χ0n) is 20.0. The molecule has 1 amide bonds. The first kappa shape index (κ1) is 25.4. The van der Waals surface area contributed by atoms with Gasteiger partial charge in [0.15, 0.2) is 5.65 Å². The van der Waals surface area contributed by atoms with Gasteiger partial charge in [-0.05, 0) is 61.9 Å². The van der Waals surface area contributed by atoms with Gasteiger partial charge in [0.1, 0.15) is 22.9 Å². The summed E-state index contributed by atoms with van der Waals surface area (Å²) in [6, 6.07) is 10.4. The van der Waals surface area contributed by atoms with Crippen LogP contribution in [0.25, 0.3) is 16.9 Å². The number of anilines is 1. The maximum absolute atomic E-state index is 13.9. The average molecular weight is 543 g/mol. The normalized spacial score (nSPS) is 11.5. The van der Waals surface area contributed by atoms with E-state index in [4.69, 9.17) is 11.6 Å². The Morgan fingerprint density at radius 2 is 1.76 bits per heavy atom. The fourth-order valence-electron chi connectivity index (χ4n) is 4.09. The molecule has 0 saturated carbocycles. The highest BCUT2D eigenvalue weighted by Gasteiger charge is 2.23. The number of amides is 1. The van der Waals surface area contributed by atoms with Crippen LogP contribution in [-0.4, -0.2) is 30.3 Å². The van der Waals surface area contributed by atoms with Crippen molar-refractivity contribution < 1.29 is 22.4 Å². The van der Waals surface area contributed by atoms with Crippen LogP contribution in [0.4, 0.5) is 23.2 Å². The van der Waals surface area contributed by atoms with Crippen molar-refractivity contribution >= 4 is 28.8 Å². The molecule has 0 spiro atoms. The first-order valence-electron chi connectivity index (χ1n) is 11.3. The van der Waals surface area contributed by atoms with Gasteiger partial charge in [0.2, 0.25) is 0 Å². The van der Waals surface area contributed by atoms with Gasteiger partial charge in [-0.25, -0.2) is 27.1 Å². The van der Waals surface area contributed by atoms with Crippen LogP contribution in [0, 0.1) is 25.5 Å². The first-order chi connectivity index (χ1) is 18.1. The summed E-state index contributed by atoms with van der Waals surface area (Å²) in [5, 5.41) is 11.4. The number of fused-ring (bicyclic) bond motifs is 1. The van der Waals surface area contributed by atoms with Crippen LogP contribution < -0.4 is 5.32 Å². The van der Waals surface area contributed by atoms with Gasteiger partial charge >= 0.3 is 0 Å². The van der Waals surface area contributed by atoms with E-state index >= 15 is 0 Å². The van der Waals surface area contributed by atoms with Gasteiger partial charge in [-0.3, -0.25) is 9.48 Å². The van der Waals surface area contributed by atoms with E-state index in [-0.39, 0.29) is 28.5 Å². The highest BCUT2D eigenvalue weighted by Crippen LogP contribution is 2.28. The predicted octanol–water partition coefficient (Wildman–Crippen LogP) is 6.38. The largest absolute Gasteiger partial charge is 0.319 e. The van der Waals surface area contributed by atoms with Crippen molar-refractivity contribution in [3.8, 4) is 11.3 Å². The van der Waals surface area contributed by atoms with Crippen LogP contribution in [0.3, 0.4) is 0 Å². The lowest BCUT2D eigenvalue weighted by Gasteiger charge is -2.10. The summed E-state index contributed by atoms with van der Waals surface area (Å²) >= 11 is 6.15. The third-order valence-corrected chi connectivity index (χ3v) is 6.41. The molecule has 0 unspecified atom stereocenters. The second-order valence-corrected chi connectivity index (χ2v) is 8.97. The van der Waals surface area contributed by atoms with Crippen molar-refractivity contribution in [3.05, 3.63) is 99.6 Å². The molecule has 7 nitrogen and oxygen atoms in total. The van der Waals surface area contributed by atoms with Crippen LogP contribution >= 0.6 is 11.6 Å². The molecule has 5 rings (SSSR count). The molecule has 0 fully saturated rings. The number of hydrogen-bond donors (Lipinski definition) is 1. The van der Waals surface area contributed by atoms with E-state index in [9.17, 15) is 22.4 Å². The minimum atomic E-state index is -2.91. The van der Waals surface area contributed by atoms with Crippen molar-refractivity contribution in [1.29, 1.82) is 0 Å². The molecule has 3 heterocycles. The molecule has 0 radical (unpaired) electrons.